The Kier molecular flexibility index (Phi) is 9.04. The zero-order valence-corrected chi connectivity index (χ0v) is 20.9. The molecule has 2 fully saturated rings. The fourth-order valence-corrected chi connectivity index (χ4v) is 4.75. The van der Waals surface area contributed by atoms with Gasteiger partial charge in [-0.1, -0.05) is 12.1 Å². The Morgan fingerprint density at radius 1 is 0.944 bits per heavy atom. The van der Waals surface area contributed by atoms with Gasteiger partial charge >= 0.3 is 0 Å². The van der Waals surface area contributed by atoms with E-state index >= 15 is 0 Å². The van der Waals surface area contributed by atoms with Crippen molar-refractivity contribution in [3.05, 3.63) is 71.3 Å². The minimum atomic E-state index is -0.599. The van der Waals surface area contributed by atoms with Crippen molar-refractivity contribution in [1.29, 1.82) is 0 Å². The van der Waals surface area contributed by atoms with Gasteiger partial charge in [-0.25, -0.2) is 8.78 Å². The van der Waals surface area contributed by atoms with Gasteiger partial charge in [-0.05, 0) is 93.6 Å². The highest BCUT2D eigenvalue weighted by Gasteiger charge is 2.36. The average Bonchev–Trinajstić information content (AvgIpc) is 3.62. The standard InChI is InChI=1S/C28H36F2N4O2/c1-33-14-16-34(17-15-33)28(36)25(32-27(35)21-7-11-24(30)12-8-21)4-2-3-13-31-26-19-22(26)18-20-5-9-23(29)10-6-20/h5-12,22,25-26,31H,2-4,13-19H2,1H3,(H,32,35). The van der Waals surface area contributed by atoms with E-state index in [2.05, 4.69) is 15.5 Å². The minimum Gasteiger partial charge on any atom is -0.340 e. The van der Waals surface area contributed by atoms with Crippen molar-refractivity contribution in [3.8, 4) is 0 Å². The van der Waals surface area contributed by atoms with E-state index in [-0.39, 0.29) is 17.6 Å². The molecule has 1 saturated carbocycles. The zero-order valence-electron chi connectivity index (χ0n) is 20.9. The molecule has 0 bridgehead atoms. The quantitative estimate of drug-likeness (QED) is 0.467. The van der Waals surface area contributed by atoms with Crippen molar-refractivity contribution in [3.63, 3.8) is 0 Å². The fraction of sp³-hybridized carbons (Fsp3) is 0.500. The number of carbonyl (C=O) groups excluding carboxylic acids is 2. The molecule has 0 radical (unpaired) electrons. The average molecular weight is 499 g/mol. The lowest BCUT2D eigenvalue weighted by Gasteiger charge is -2.34. The van der Waals surface area contributed by atoms with Crippen LogP contribution in [0.4, 0.5) is 8.78 Å². The summed E-state index contributed by atoms with van der Waals surface area (Å²) in [6.07, 6.45) is 4.34. The molecule has 194 valence electrons. The maximum Gasteiger partial charge on any atom is 0.251 e. The minimum absolute atomic E-state index is 0.0481. The number of rotatable bonds is 11. The summed E-state index contributed by atoms with van der Waals surface area (Å²) in [5.41, 5.74) is 1.50. The Bertz CT molecular complexity index is 1010. The van der Waals surface area contributed by atoms with E-state index in [1.54, 1.807) is 0 Å². The second-order valence-electron chi connectivity index (χ2n) is 10.0. The van der Waals surface area contributed by atoms with E-state index in [4.69, 9.17) is 0 Å². The van der Waals surface area contributed by atoms with Gasteiger partial charge in [0, 0.05) is 37.8 Å². The van der Waals surface area contributed by atoms with Crippen LogP contribution in [0.25, 0.3) is 0 Å². The van der Waals surface area contributed by atoms with Crippen LogP contribution in [0, 0.1) is 17.6 Å². The van der Waals surface area contributed by atoms with Gasteiger partial charge in [0.15, 0.2) is 0 Å². The summed E-state index contributed by atoms with van der Waals surface area (Å²) in [5.74, 6) is -0.436. The molecule has 2 aromatic carbocycles. The SMILES string of the molecule is CN1CCN(C(=O)C(CCCCNC2CC2Cc2ccc(F)cc2)NC(=O)c2ccc(F)cc2)CC1. The molecular weight excluding hydrogens is 462 g/mol. The van der Waals surface area contributed by atoms with Crippen molar-refractivity contribution >= 4 is 11.8 Å². The van der Waals surface area contributed by atoms with Gasteiger partial charge in [0.05, 0.1) is 0 Å². The second kappa shape index (κ2) is 12.4. The van der Waals surface area contributed by atoms with Crippen LogP contribution < -0.4 is 10.6 Å². The smallest absolute Gasteiger partial charge is 0.251 e. The first-order chi connectivity index (χ1) is 17.4. The van der Waals surface area contributed by atoms with Crippen LogP contribution in [-0.4, -0.2) is 73.5 Å². The van der Waals surface area contributed by atoms with E-state index in [9.17, 15) is 18.4 Å². The first kappa shape index (κ1) is 26.2. The van der Waals surface area contributed by atoms with E-state index in [0.717, 1.165) is 50.9 Å². The normalized spacial score (nSPS) is 20.7. The lowest BCUT2D eigenvalue weighted by atomic mass is 10.1. The van der Waals surface area contributed by atoms with E-state index in [1.807, 2.05) is 24.1 Å². The lowest BCUT2D eigenvalue weighted by Crippen LogP contribution is -2.54. The maximum atomic E-state index is 13.2. The summed E-state index contributed by atoms with van der Waals surface area (Å²) in [7, 11) is 2.03. The molecule has 3 unspecified atom stereocenters. The number of halogens is 2. The first-order valence-electron chi connectivity index (χ1n) is 12.9. The Hall–Kier alpha value is -2.84. The predicted molar refractivity (Wildman–Crippen MR) is 136 cm³/mol. The third-order valence-corrected chi connectivity index (χ3v) is 7.18. The highest BCUT2D eigenvalue weighted by Crippen LogP contribution is 2.33. The molecule has 2 amide bonds. The maximum absolute atomic E-state index is 13.2. The molecule has 4 rings (SSSR count). The number of benzene rings is 2. The predicted octanol–water partition coefficient (Wildman–Crippen LogP) is 3.23. The molecule has 1 heterocycles. The Balaban J connectivity index is 1.23. The number of likely N-dealkylation sites (N-methyl/N-ethyl adjacent to an activating group) is 1. The van der Waals surface area contributed by atoms with Gasteiger partial charge in [-0.3, -0.25) is 9.59 Å². The summed E-state index contributed by atoms with van der Waals surface area (Å²) >= 11 is 0. The second-order valence-corrected chi connectivity index (χ2v) is 10.0. The highest BCUT2D eigenvalue weighted by atomic mass is 19.1. The topological polar surface area (TPSA) is 64.7 Å². The van der Waals surface area contributed by atoms with Crippen LogP contribution in [0.1, 0.15) is 41.6 Å². The molecule has 0 spiro atoms. The molecule has 8 heteroatoms. The monoisotopic (exact) mass is 498 g/mol. The van der Waals surface area contributed by atoms with Gasteiger partial charge in [-0.15, -0.1) is 0 Å². The lowest BCUT2D eigenvalue weighted by molar-refractivity contribution is -0.135. The number of unbranched alkanes of at least 4 members (excludes halogenated alkanes) is 1. The molecule has 0 aromatic heterocycles. The van der Waals surface area contributed by atoms with Crippen LogP contribution >= 0.6 is 0 Å². The summed E-state index contributed by atoms with van der Waals surface area (Å²) < 4.78 is 26.3. The van der Waals surface area contributed by atoms with Gasteiger partial charge in [0.2, 0.25) is 5.91 Å². The van der Waals surface area contributed by atoms with Crippen molar-refractivity contribution < 1.29 is 18.4 Å². The molecular formula is C28H36F2N4O2. The van der Waals surface area contributed by atoms with E-state index < -0.39 is 11.9 Å². The number of carbonyl (C=O) groups is 2. The third-order valence-electron chi connectivity index (χ3n) is 7.18. The molecule has 2 aliphatic rings. The number of hydrogen-bond acceptors (Lipinski definition) is 4. The van der Waals surface area contributed by atoms with Gasteiger partial charge in [0.25, 0.3) is 5.91 Å². The Labute approximate surface area is 212 Å². The molecule has 2 N–H and O–H groups in total. The fourth-order valence-electron chi connectivity index (χ4n) is 4.75. The molecule has 3 atom stereocenters. The summed E-state index contributed by atoms with van der Waals surface area (Å²) in [6.45, 7) is 3.78. The van der Waals surface area contributed by atoms with Gasteiger partial charge in [0.1, 0.15) is 17.7 Å². The third kappa shape index (κ3) is 7.58. The van der Waals surface area contributed by atoms with E-state index in [1.165, 1.54) is 36.4 Å². The van der Waals surface area contributed by atoms with Gasteiger partial charge < -0.3 is 20.4 Å². The summed E-state index contributed by atoms with van der Waals surface area (Å²) in [4.78, 5) is 30.0. The van der Waals surface area contributed by atoms with Crippen molar-refractivity contribution in [2.45, 2.75) is 44.2 Å². The number of amides is 2. The first-order valence-corrected chi connectivity index (χ1v) is 12.9. The van der Waals surface area contributed by atoms with Crippen molar-refractivity contribution in [1.82, 2.24) is 20.4 Å². The van der Waals surface area contributed by atoms with E-state index in [0.29, 0.717) is 37.0 Å². The van der Waals surface area contributed by atoms with Crippen LogP contribution in [-0.2, 0) is 11.2 Å². The van der Waals surface area contributed by atoms with Crippen LogP contribution in [0.5, 0.6) is 0 Å². The van der Waals surface area contributed by atoms with Crippen molar-refractivity contribution in [2.75, 3.05) is 39.8 Å². The van der Waals surface area contributed by atoms with Crippen molar-refractivity contribution in [2.24, 2.45) is 5.92 Å². The molecule has 6 nitrogen and oxygen atoms in total. The zero-order chi connectivity index (χ0) is 25.5. The molecule has 36 heavy (non-hydrogen) atoms. The molecule has 1 saturated heterocycles. The Morgan fingerprint density at radius 3 is 2.25 bits per heavy atom. The summed E-state index contributed by atoms with van der Waals surface area (Å²) in [5, 5.41) is 6.48. The number of piperazine rings is 1. The van der Waals surface area contributed by atoms with Gasteiger partial charge in [-0.2, -0.15) is 0 Å². The summed E-state index contributed by atoms with van der Waals surface area (Å²) in [6, 6.07) is 12.0. The van der Waals surface area contributed by atoms with Crippen LogP contribution in [0.3, 0.4) is 0 Å². The number of nitrogens with zero attached hydrogens (tertiary/aromatic N) is 2. The molecule has 1 aliphatic heterocycles. The highest BCUT2D eigenvalue weighted by molar-refractivity contribution is 5.97. The van der Waals surface area contributed by atoms with Crippen LogP contribution in [0.2, 0.25) is 0 Å². The van der Waals surface area contributed by atoms with Crippen LogP contribution in [0.15, 0.2) is 48.5 Å². The number of nitrogens with one attached hydrogen (secondary N) is 2. The number of hydrogen-bond donors (Lipinski definition) is 2. The molecule has 2 aromatic rings. The molecule has 1 aliphatic carbocycles. The largest absolute Gasteiger partial charge is 0.340 e. The Morgan fingerprint density at radius 2 is 1.58 bits per heavy atom.